The number of nitrogens with zero attached hydrogens (tertiary/aromatic N) is 2. The molecular weight excluding hydrogens is 454 g/mol. The Labute approximate surface area is 202 Å². The van der Waals surface area contributed by atoms with Crippen molar-refractivity contribution in [3.05, 3.63) is 88.1 Å². The van der Waals surface area contributed by atoms with Crippen LogP contribution in [0.15, 0.2) is 65.6 Å². The molecule has 6 nitrogen and oxygen atoms in total. The molecule has 0 atom stereocenters. The van der Waals surface area contributed by atoms with E-state index in [9.17, 15) is 9.59 Å². The molecule has 168 valence electrons. The normalized spacial score (nSPS) is 14.8. The number of thioether (sulfide) groups is 1. The van der Waals surface area contributed by atoms with E-state index in [1.165, 1.54) is 16.8 Å². The molecule has 8 heteroatoms. The molecule has 0 bridgehead atoms. The maximum atomic E-state index is 13.0. The quantitative estimate of drug-likeness (QED) is 0.401. The van der Waals surface area contributed by atoms with E-state index in [0.717, 1.165) is 28.2 Å². The van der Waals surface area contributed by atoms with Crippen molar-refractivity contribution in [2.45, 2.75) is 20.8 Å². The van der Waals surface area contributed by atoms with Gasteiger partial charge in [0.15, 0.2) is 10.9 Å². The molecule has 1 fully saturated rings. The number of amides is 2. The van der Waals surface area contributed by atoms with Crippen LogP contribution in [0.4, 0.5) is 5.69 Å². The molecule has 3 aromatic rings. The number of carbonyl (C=O) groups excluding carboxylic acids is 2. The third kappa shape index (κ3) is 5.02. The fraction of sp³-hybridized carbons (Fsp3) is 0.160. The van der Waals surface area contributed by atoms with E-state index in [1.807, 2.05) is 80.1 Å². The monoisotopic (exact) mass is 477 g/mol. The first kappa shape index (κ1) is 22.8. The van der Waals surface area contributed by atoms with Crippen molar-refractivity contribution >= 4 is 51.9 Å². The van der Waals surface area contributed by atoms with Crippen LogP contribution in [0.25, 0.3) is 6.08 Å². The highest BCUT2D eigenvalue weighted by Gasteiger charge is 2.34. The van der Waals surface area contributed by atoms with E-state index >= 15 is 0 Å². The van der Waals surface area contributed by atoms with Crippen molar-refractivity contribution in [2.24, 2.45) is 0 Å². The standard InChI is InChI=1S/C25H23N3O3S2/c1-16-6-4-5-7-21(16)26-23(29)15-31-20-12-10-19(11-13-20)14-22-24(30)28(25(32)33-22)27-17(2)8-9-18(27)3/h4-14H,15H2,1-3H3,(H,26,29)/b22-14-. The first-order chi connectivity index (χ1) is 15.8. The summed E-state index contributed by atoms with van der Waals surface area (Å²) in [7, 11) is 0. The fourth-order valence-corrected chi connectivity index (χ4v) is 4.71. The summed E-state index contributed by atoms with van der Waals surface area (Å²) in [6.07, 6.45) is 1.81. The zero-order valence-electron chi connectivity index (χ0n) is 18.5. The van der Waals surface area contributed by atoms with Crippen molar-refractivity contribution in [2.75, 3.05) is 16.9 Å². The topological polar surface area (TPSA) is 63.6 Å². The minimum Gasteiger partial charge on any atom is -0.484 e. The minimum atomic E-state index is -0.229. The largest absolute Gasteiger partial charge is 0.484 e. The van der Waals surface area contributed by atoms with Crippen LogP contribution in [-0.2, 0) is 9.59 Å². The van der Waals surface area contributed by atoms with Crippen LogP contribution < -0.4 is 15.1 Å². The Balaban J connectivity index is 1.39. The molecule has 1 aliphatic rings. The number of carbonyl (C=O) groups is 2. The molecule has 1 saturated heterocycles. The molecule has 0 spiro atoms. The summed E-state index contributed by atoms with van der Waals surface area (Å²) in [6, 6.07) is 18.7. The van der Waals surface area contributed by atoms with Crippen molar-refractivity contribution < 1.29 is 14.3 Å². The van der Waals surface area contributed by atoms with Crippen LogP contribution in [-0.4, -0.2) is 27.4 Å². The highest BCUT2D eigenvalue weighted by atomic mass is 32.2. The number of anilines is 1. The average molecular weight is 478 g/mol. The first-order valence-corrected chi connectivity index (χ1v) is 11.6. The van der Waals surface area contributed by atoms with Crippen molar-refractivity contribution in [1.82, 2.24) is 4.68 Å². The third-order valence-corrected chi connectivity index (χ3v) is 6.46. The number of hydrogen-bond donors (Lipinski definition) is 1. The van der Waals surface area contributed by atoms with Crippen molar-refractivity contribution in [3.8, 4) is 5.75 Å². The summed E-state index contributed by atoms with van der Waals surface area (Å²) < 4.78 is 7.92. The zero-order valence-corrected chi connectivity index (χ0v) is 20.1. The van der Waals surface area contributed by atoms with Gasteiger partial charge in [0.2, 0.25) is 0 Å². The number of ether oxygens (including phenoxy) is 1. The lowest BCUT2D eigenvalue weighted by Gasteiger charge is -2.20. The van der Waals surface area contributed by atoms with Gasteiger partial charge in [-0.05, 0) is 80.5 Å². The number of rotatable bonds is 6. The number of benzene rings is 2. The highest BCUT2D eigenvalue weighted by molar-refractivity contribution is 8.27. The predicted octanol–water partition coefficient (Wildman–Crippen LogP) is 4.97. The van der Waals surface area contributed by atoms with Gasteiger partial charge in [0.05, 0.1) is 4.91 Å². The fourth-order valence-electron chi connectivity index (χ4n) is 3.47. The molecule has 2 heterocycles. The average Bonchev–Trinajstić information content (AvgIpc) is 3.26. The van der Waals surface area contributed by atoms with Crippen LogP contribution in [0.5, 0.6) is 5.75 Å². The molecule has 1 aliphatic heterocycles. The molecule has 2 aromatic carbocycles. The number of aryl methyl sites for hydroxylation is 3. The Hall–Kier alpha value is -3.36. The molecule has 0 radical (unpaired) electrons. The van der Waals surface area contributed by atoms with Crippen molar-refractivity contribution in [3.63, 3.8) is 0 Å². The SMILES string of the molecule is Cc1ccccc1NC(=O)COc1ccc(/C=C2\SC(=S)N(n3c(C)ccc3C)C2=O)cc1. The molecule has 1 N–H and O–H groups in total. The van der Waals surface area contributed by atoms with E-state index < -0.39 is 0 Å². The van der Waals surface area contributed by atoms with Gasteiger partial charge in [-0.25, -0.2) is 0 Å². The summed E-state index contributed by atoms with van der Waals surface area (Å²) in [4.78, 5) is 25.7. The second kappa shape index (κ2) is 9.64. The van der Waals surface area contributed by atoms with Crippen LogP contribution in [0.2, 0.25) is 0 Å². The second-order valence-corrected chi connectivity index (χ2v) is 9.32. The number of nitrogens with one attached hydrogen (secondary N) is 1. The van der Waals surface area contributed by atoms with Gasteiger partial charge in [-0.2, -0.15) is 5.01 Å². The molecule has 1 aromatic heterocycles. The highest BCUT2D eigenvalue weighted by Crippen LogP contribution is 2.33. The second-order valence-electron chi connectivity index (χ2n) is 7.64. The molecular formula is C25H23N3O3S2. The number of para-hydroxylation sites is 1. The molecule has 33 heavy (non-hydrogen) atoms. The molecule has 0 unspecified atom stereocenters. The summed E-state index contributed by atoms with van der Waals surface area (Å²) in [5.41, 5.74) is 4.48. The minimum absolute atomic E-state index is 0.0953. The number of aromatic nitrogens is 1. The van der Waals surface area contributed by atoms with Gasteiger partial charge in [0, 0.05) is 17.1 Å². The Morgan fingerprint density at radius 2 is 1.70 bits per heavy atom. The van der Waals surface area contributed by atoms with Gasteiger partial charge >= 0.3 is 0 Å². The van der Waals surface area contributed by atoms with Gasteiger partial charge in [0.1, 0.15) is 5.75 Å². The predicted molar refractivity (Wildman–Crippen MR) is 137 cm³/mol. The maximum absolute atomic E-state index is 13.0. The molecule has 2 amide bonds. The molecule has 0 saturated carbocycles. The number of thiocarbonyl (C=S) groups is 1. The van der Waals surface area contributed by atoms with Gasteiger partial charge in [-0.1, -0.05) is 42.1 Å². The Kier molecular flexibility index (Phi) is 6.67. The van der Waals surface area contributed by atoms with E-state index in [1.54, 1.807) is 12.1 Å². The van der Waals surface area contributed by atoms with Crippen LogP contribution in [0.3, 0.4) is 0 Å². The Bertz CT molecular complexity index is 1240. The Morgan fingerprint density at radius 1 is 1.03 bits per heavy atom. The number of hydrogen-bond acceptors (Lipinski definition) is 5. The summed E-state index contributed by atoms with van der Waals surface area (Å²) in [5, 5.41) is 4.37. The van der Waals surface area contributed by atoms with E-state index in [2.05, 4.69) is 5.32 Å². The lowest BCUT2D eigenvalue weighted by Crippen LogP contribution is -2.39. The van der Waals surface area contributed by atoms with E-state index in [0.29, 0.717) is 15.0 Å². The summed E-state index contributed by atoms with van der Waals surface area (Å²) >= 11 is 6.74. The summed E-state index contributed by atoms with van der Waals surface area (Å²) in [6.45, 7) is 5.72. The van der Waals surface area contributed by atoms with Gasteiger partial charge in [0.25, 0.3) is 11.8 Å². The van der Waals surface area contributed by atoms with Gasteiger partial charge in [-0.15, -0.1) is 0 Å². The maximum Gasteiger partial charge on any atom is 0.285 e. The van der Waals surface area contributed by atoms with Crippen LogP contribution >= 0.6 is 24.0 Å². The molecule has 0 aliphatic carbocycles. The summed E-state index contributed by atoms with van der Waals surface area (Å²) in [5.74, 6) is 0.187. The Morgan fingerprint density at radius 3 is 2.36 bits per heavy atom. The molecule has 4 rings (SSSR count). The van der Waals surface area contributed by atoms with Crippen LogP contribution in [0, 0.1) is 20.8 Å². The lowest BCUT2D eigenvalue weighted by molar-refractivity contribution is -0.118. The van der Waals surface area contributed by atoms with Crippen molar-refractivity contribution in [1.29, 1.82) is 0 Å². The first-order valence-electron chi connectivity index (χ1n) is 10.3. The zero-order chi connectivity index (χ0) is 23.5. The van der Waals surface area contributed by atoms with Gasteiger partial charge in [-0.3, -0.25) is 14.3 Å². The van der Waals surface area contributed by atoms with E-state index in [4.69, 9.17) is 17.0 Å². The van der Waals surface area contributed by atoms with Crippen LogP contribution in [0.1, 0.15) is 22.5 Å². The lowest BCUT2D eigenvalue weighted by atomic mass is 10.2. The van der Waals surface area contributed by atoms with E-state index in [-0.39, 0.29) is 18.4 Å². The third-order valence-electron chi connectivity index (χ3n) is 5.17. The smallest absolute Gasteiger partial charge is 0.285 e. The van der Waals surface area contributed by atoms with Gasteiger partial charge < -0.3 is 10.1 Å².